The number of rotatable bonds is 7. The zero-order valence-corrected chi connectivity index (χ0v) is 14.3. The quantitative estimate of drug-likeness (QED) is 0.684. The summed E-state index contributed by atoms with van der Waals surface area (Å²) >= 11 is 3.58. The van der Waals surface area contributed by atoms with Crippen LogP contribution in [0.5, 0.6) is 0 Å². The number of hydrogen-bond acceptors (Lipinski definition) is 7. The Bertz CT molecular complexity index is 727. The predicted octanol–water partition coefficient (Wildman–Crippen LogP) is 2.69. The first-order valence-electron chi connectivity index (χ1n) is 7.17. The molecule has 8 heteroatoms. The SMILES string of the molecule is CSCC(Cc1cccs1)Nc1cc(-n2cccn2)nc(N)n1. The molecule has 120 valence electrons. The molecule has 3 rings (SSSR count). The second-order valence-electron chi connectivity index (χ2n) is 5.00. The van der Waals surface area contributed by atoms with E-state index in [1.165, 1.54) is 4.88 Å². The molecule has 0 aliphatic rings. The van der Waals surface area contributed by atoms with E-state index in [0.717, 1.165) is 18.0 Å². The first kappa shape index (κ1) is 15.8. The maximum absolute atomic E-state index is 5.84. The van der Waals surface area contributed by atoms with Crippen molar-refractivity contribution in [1.82, 2.24) is 19.7 Å². The molecular formula is C15H18N6S2. The summed E-state index contributed by atoms with van der Waals surface area (Å²) in [6, 6.07) is 8.23. The molecule has 0 aliphatic heterocycles. The molecule has 6 nitrogen and oxygen atoms in total. The van der Waals surface area contributed by atoms with Crippen molar-refractivity contribution >= 4 is 34.9 Å². The van der Waals surface area contributed by atoms with E-state index in [2.05, 4.69) is 44.2 Å². The molecule has 0 aromatic carbocycles. The number of nitrogens with two attached hydrogens (primary N) is 1. The minimum atomic E-state index is 0.236. The summed E-state index contributed by atoms with van der Waals surface area (Å²) in [6.45, 7) is 0. The molecule has 3 aromatic rings. The van der Waals surface area contributed by atoms with Crippen LogP contribution in [0, 0.1) is 0 Å². The number of thioether (sulfide) groups is 1. The fraction of sp³-hybridized carbons (Fsp3) is 0.267. The summed E-state index contributed by atoms with van der Waals surface area (Å²) in [5.74, 6) is 2.60. The van der Waals surface area contributed by atoms with E-state index in [4.69, 9.17) is 5.73 Å². The van der Waals surface area contributed by atoms with E-state index >= 15 is 0 Å². The number of anilines is 2. The van der Waals surface area contributed by atoms with Crippen molar-refractivity contribution in [2.24, 2.45) is 0 Å². The lowest BCUT2D eigenvalue weighted by atomic mass is 10.2. The normalized spacial score (nSPS) is 12.2. The van der Waals surface area contributed by atoms with Gasteiger partial charge in [-0.05, 0) is 23.8 Å². The summed E-state index contributed by atoms with van der Waals surface area (Å²) in [5, 5.41) is 9.76. The van der Waals surface area contributed by atoms with E-state index in [0.29, 0.717) is 5.82 Å². The number of nitrogens with zero attached hydrogens (tertiary/aromatic N) is 4. The monoisotopic (exact) mass is 346 g/mol. The van der Waals surface area contributed by atoms with Crippen LogP contribution in [-0.4, -0.2) is 37.8 Å². The molecule has 3 N–H and O–H groups in total. The third kappa shape index (κ3) is 4.23. The molecule has 0 saturated heterocycles. The zero-order valence-electron chi connectivity index (χ0n) is 12.7. The van der Waals surface area contributed by atoms with E-state index in [-0.39, 0.29) is 12.0 Å². The first-order chi connectivity index (χ1) is 11.2. The van der Waals surface area contributed by atoms with Gasteiger partial charge in [-0.15, -0.1) is 11.3 Å². The van der Waals surface area contributed by atoms with Crippen molar-refractivity contribution in [2.75, 3.05) is 23.1 Å². The van der Waals surface area contributed by atoms with Gasteiger partial charge in [0.05, 0.1) is 0 Å². The summed E-state index contributed by atoms with van der Waals surface area (Å²) in [5.41, 5.74) is 5.84. The van der Waals surface area contributed by atoms with Gasteiger partial charge in [0.1, 0.15) is 5.82 Å². The molecule has 0 bridgehead atoms. The zero-order chi connectivity index (χ0) is 16.1. The Kier molecular flexibility index (Phi) is 5.14. The largest absolute Gasteiger partial charge is 0.368 e. The van der Waals surface area contributed by atoms with Crippen molar-refractivity contribution < 1.29 is 0 Å². The van der Waals surface area contributed by atoms with Gasteiger partial charge in [-0.25, -0.2) is 4.68 Å². The van der Waals surface area contributed by atoms with Crippen LogP contribution in [0.3, 0.4) is 0 Å². The van der Waals surface area contributed by atoms with Crippen LogP contribution in [0.15, 0.2) is 42.0 Å². The van der Waals surface area contributed by atoms with Gasteiger partial charge in [0.25, 0.3) is 0 Å². The van der Waals surface area contributed by atoms with Crippen LogP contribution < -0.4 is 11.1 Å². The molecule has 0 aliphatic carbocycles. The van der Waals surface area contributed by atoms with Gasteiger partial charge in [0.2, 0.25) is 5.95 Å². The van der Waals surface area contributed by atoms with Gasteiger partial charge in [-0.2, -0.15) is 26.8 Å². The number of thiophene rings is 1. The van der Waals surface area contributed by atoms with Crippen molar-refractivity contribution in [3.05, 3.63) is 46.9 Å². The van der Waals surface area contributed by atoms with E-state index < -0.39 is 0 Å². The van der Waals surface area contributed by atoms with E-state index in [9.17, 15) is 0 Å². The van der Waals surface area contributed by atoms with Crippen molar-refractivity contribution in [1.29, 1.82) is 0 Å². The topological polar surface area (TPSA) is 81.7 Å². The van der Waals surface area contributed by atoms with Crippen LogP contribution in [-0.2, 0) is 6.42 Å². The van der Waals surface area contributed by atoms with Gasteiger partial charge in [0, 0.05) is 41.6 Å². The molecule has 0 spiro atoms. The molecule has 3 aromatic heterocycles. The molecule has 3 heterocycles. The third-order valence-electron chi connectivity index (χ3n) is 3.22. The Morgan fingerprint density at radius 2 is 2.30 bits per heavy atom. The second kappa shape index (κ2) is 7.47. The van der Waals surface area contributed by atoms with Gasteiger partial charge >= 0.3 is 0 Å². The molecule has 1 unspecified atom stereocenters. The molecule has 0 saturated carbocycles. The highest BCUT2D eigenvalue weighted by Crippen LogP contribution is 2.18. The van der Waals surface area contributed by atoms with Gasteiger partial charge in [0.15, 0.2) is 5.82 Å². The molecule has 0 fully saturated rings. The molecule has 1 atom stereocenters. The predicted molar refractivity (Wildman–Crippen MR) is 97.4 cm³/mol. The molecular weight excluding hydrogens is 328 g/mol. The van der Waals surface area contributed by atoms with Crippen molar-refractivity contribution in [2.45, 2.75) is 12.5 Å². The Morgan fingerprint density at radius 3 is 3.00 bits per heavy atom. The van der Waals surface area contributed by atoms with E-state index in [1.807, 2.05) is 18.3 Å². The van der Waals surface area contributed by atoms with Crippen molar-refractivity contribution in [3.8, 4) is 5.82 Å². The average Bonchev–Trinajstić information content (AvgIpc) is 3.20. The maximum Gasteiger partial charge on any atom is 0.224 e. The van der Waals surface area contributed by atoms with Gasteiger partial charge in [-0.3, -0.25) is 0 Å². The number of hydrogen-bond donors (Lipinski definition) is 2. The maximum atomic E-state index is 5.84. The smallest absolute Gasteiger partial charge is 0.224 e. The van der Waals surface area contributed by atoms with Crippen LogP contribution in [0.1, 0.15) is 4.88 Å². The molecule has 0 amide bonds. The van der Waals surface area contributed by atoms with Crippen LogP contribution >= 0.6 is 23.1 Å². The number of nitrogens with one attached hydrogen (secondary N) is 1. The summed E-state index contributed by atoms with van der Waals surface area (Å²) in [7, 11) is 0. The lowest BCUT2D eigenvalue weighted by molar-refractivity contribution is 0.799. The fourth-order valence-corrected chi connectivity index (χ4v) is 3.67. The Morgan fingerprint density at radius 1 is 1.39 bits per heavy atom. The number of aromatic nitrogens is 4. The van der Waals surface area contributed by atoms with Crippen LogP contribution in [0.4, 0.5) is 11.8 Å². The van der Waals surface area contributed by atoms with Crippen molar-refractivity contribution in [3.63, 3.8) is 0 Å². The van der Waals surface area contributed by atoms with E-state index in [1.54, 1.807) is 34.0 Å². The molecule has 23 heavy (non-hydrogen) atoms. The summed E-state index contributed by atoms with van der Waals surface area (Å²) < 4.78 is 1.67. The Balaban J connectivity index is 1.79. The lowest BCUT2D eigenvalue weighted by Crippen LogP contribution is -2.25. The first-order valence-corrected chi connectivity index (χ1v) is 9.44. The van der Waals surface area contributed by atoms with Gasteiger partial charge < -0.3 is 11.1 Å². The standard InChI is InChI=1S/C15H18N6S2/c1-22-10-11(8-12-4-2-7-23-12)18-13-9-14(20-15(16)19-13)21-6-3-5-17-21/h2-7,9,11H,8,10H2,1H3,(H3,16,18,19,20). The highest BCUT2D eigenvalue weighted by atomic mass is 32.2. The second-order valence-corrected chi connectivity index (χ2v) is 6.94. The van der Waals surface area contributed by atoms with Gasteiger partial charge in [-0.1, -0.05) is 6.07 Å². The minimum Gasteiger partial charge on any atom is -0.368 e. The summed E-state index contributed by atoms with van der Waals surface area (Å²) in [6.07, 6.45) is 6.60. The lowest BCUT2D eigenvalue weighted by Gasteiger charge is -2.18. The average molecular weight is 346 g/mol. The Hall–Kier alpha value is -2.06. The minimum absolute atomic E-state index is 0.236. The highest BCUT2D eigenvalue weighted by Gasteiger charge is 2.12. The fourth-order valence-electron chi connectivity index (χ4n) is 2.28. The molecule has 0 radical (unpaired) electrons. The van der Waals surface area contributed by atoms with Crippen LogP contribution in [0.25, 0.3) is 5.82 Å². The van der Waals surface area contributed by atoms with Crippen LogP contribution in [0.2, 0.25) is 0 Å². The third-order valence-corrected chi connectivity index (χ3v) is 4.85. The summed E-state index contributed by atoms with van der Waals surface area (Å²) in [4.78, 5) is 9.89. The Labute approximate surface area is 143 Å². The number of nitrogen functional groups attached to an aromatic ring is 1. The highest BCUT2D eigenvalue weighted by molar-refractivity contribution is 7.98.